The third-order valence-corrected chi connectivity index (χ3v) is 10.8. The molecule has 0 radical (unpaired) electrons. The highest BCUT2D eigenvalue weighted by molar-refractivity contribution is 4.82. The molecule has 1 heterocycles. The molecule has 1 rings (SSSR count). The predicted octanol–water partition coefficient (Wildman–Crippen LogP) is 6.94. The van der Waals surface area contributed by atoms with Gasteiger partial charge >= 0.3 is 5.69 Å². The molecule has 5 atom stereocenters. The minimum absolute atomic E-state index is 0.239. The van der Waals surface area contributed by atoms with Crippen LogP contribution < -0.4 is 5.69 Å². The Kier molecular flexibility index (Phi) is 32.6. The molecular weight excluding hydrogens is 686 g/mol. The van der Waals surface area contributed by atoms with Crippen molar-refractivity contribution in [3.8, 4) is 0 Å². The lowest BCUT2D eigenvalue weighted by atomic mass is 9.99. The van der Waals surface area contributed by atoms with Crippen molar-refractivity contribution >= 4 is 0 Å². The number of nitrogens with zero attached hydrogens (tertiary/aromatic N) is 5. The van der Waals surface area contributed by atoms with E-state index in [9.17, 15) is 25.2 Å². The summed E-state index contributed by atoms with van der Waals surface area (Å²) in [5.41, 5.74) is -0.489. The summed E-state index contributed by atoms with van der Waals surface area (Å²) in [5.74, 6) is 0. The molecule has 0 aliphatic rings. The fraction of sp³-hybridized carbons (Fsp3) is 0.976. The minimum Gasteiger partial charge on any atom is -0.394 e. The lowest BCUT2D eigenvalue weighted by Gasteiger charge is -2.26. The van der Waals surface area contributed by atoms with E-state index in [2.05, 4.69) is 36.1 Å². The van der Waals surface area contributed by atoms with Crippen LogP contribution in [0.15, 0.2) is 4.79 Å². The minimum atomic E-state index is -1.38. The van der Waals surface area contributed by atoms with Crippen molar-refractivity contribution < 1.29 is 30.3 Å². The van der Waals surface area contributed by atoms with E-state index in [1.54, 1.807) is 0 Å². The molecule has 1 aromatic heterocycles. The highest BCUT2D eigenvalue weighted by Crippen LogP contribution is 2.19. The zero-order valence-corrected chi connectivity index (χ0v) is 35.0. The molecule has 12 nitrogen and oxygen atoms in total. The first-order valence-corrected chi connectivity index (χ1v) is 22.5. The number of aromatic nitrogens is 4. The average molecular weight is 772 g/mol. The van der Waals surface area contributed by atoms with E-state index in [1.807, 2.05) is 0 Å². The zero-order valence-electron chi connectivity index (χ0n) is 35.0. The first-order valence-electron chi connectivity index (χ1n) is 22.5. The Morgan fingerprint density at radius 3 is 1.48 bits per heavy atom. The van der Waals surface area contributed by atoms with Gasteiger partial charge in [0.1, 0.15) is 24.4 Å². The SMILES string of the molecule is CCCCCCCCCCCCCC[C@@H](O)[C@@H](O)[C@H](COC[C@H](O)[C@@H](O)CO)n1nnn(CCCCCN(CCCCCCC)CCCCCCC)c1=O. The Morgan fingerprint density at radius 1 is 0.556 bits per heavy atom. The number of ether oxygens (including phenoxy) is 1. The van der Waals surface area contributed by atoms with Gasteiger partial charge in [0.05, 0.1) is 25.9 Å². The zero-order chi connectivity index (χ0) is 39.7. The van der Waals surface area contributed by atoms with E-state index in [4.69, 9.17) is 9.84 Å². The van der Waals surface area contributed by atoms with Gasteiger partial charge in [0.25, 0.3) is 0 Å². The maximum Gasteiger partial charge on any atom is 0.364 e. The Morgan fingerprint density at radius 2 is 1.00 bits per heavy atom. The second kappa shape index (κ2) is 34.8. The van der Waals surface area contributed by atoms with E-state index < -0.39 is 42.8 Å². The lowest BCUT2D eigenvalue weighted by molar-refractivity contribution is -0.0816. The van der Waals surface area contributed by atoms with Crippen LogP contribution in [0.1, 0.15) is 194 Å². The van der Waals surface area contributed by atoms with E-state index in [1.165, 1.54) is 127 Å². The van der Waals surface area contributed by atoms with Crippen LogP contribution in [0.5, 0.6) is 0 Å². The molecule has 0 aromatic carbocycles. The molecule has 0 bridgehead atoms. The van der Waals surface area contributed by atoms with Crippen LogP contribution in [0.25, 0.3) is 0 Å². The van der Waals surface area contributed by atoms with Gasteiger partial charge in [0.2, 0.25) is 0 Å². The molecule has 0 unspecified atom stereocenters. The first-order chi connectivity index (χ1) is 26.3. The molecule has 0 spiro atoms. The van der Waals surface area contributed by atoms with Crippen molar-refractivity contribution in [2.45, 2.75) is 225 Å². The first kappa shape index (κ1) is 50.6. The summed E-state index contributed by atoms with van der Waals surface area (Å²) in [6.07, 6.45) is 25.2. The predicted molar refractivity (Wildman–Crippen MR) is 219 cm³/mol. The highest BCUT2D eigenvalue weighted by Gasteiger charge is 2.31. The molecule has 0 aliphatic heterocycles. The monoisotopic (exact) mass is 772 g/mol. The lowest BCUT2D eigenvalue weighted by Crippen LogP contribution is -2.43. The summed E-state index contributed by atoms with van der Waals surface area (Å²) in [5, 5.41) is 59.3. The van der Waals surface area contributed by atoms with Crippen molar-refractivity contribution in [2.75, 3.05) is 39.5 Å². The van der Waals surface area contributed by atoms with Crippen LogP contribution >= 0.6 is 0 Å². The second-order valence-corrected chi connectivity index (χ2v) is 15.8. The summed E-state index contributed by atoms with van der Waals surface area (Å²) in [4.78, 5) is 16.1. The van der Waals surface area contributed by atoms with E-state index in [0.29, 0.717) is 13.0 Å². The van der Waals surface area contributed by atoms with Gasteiger partial charge in [0.15, 0.2) is 0 Å². The Balaban J connectivity index is 2.67. The highest BCUT2D eigenvalue weighted by atomic mass is 16.5. The molecule has 1 aromatic rings. The molecule has 5 N–H and O–H groups in total. The number of aliphatic hydroxyl groups is 5. The van der Waals surface area contributed by atoms with E-state index in [0.717, 1.165) is 62.8 Å². The van der Waals surface area contributed by atoms with Crippen molar-refractivity contribution in [2.24, 2.45) is 0 Å². The summed E-state index contributed by atoms with van der Waals surface area (Å²) < 4.78 is 7.96. The van der Waals surface area contributed by atoms with Crippen LogP contribution in [-0.2, 0) is 11.3 Å². The molecule has 12 heteroatoms. The van der Waals surface area contributed by atoms with Gasteiger partial charge in [-0.05, 0) is 62.2 Å². The molecule has 0 aliphatic carbocycles. The molecular formula is C42H85N5O7. The van der Waals surface area contributed by atoms with Crippen molar-refractivity contribution in [3.63, 3.8) is 0 Å². The Bertz CT molecular complexity index is 998. The van der Waals surface area contributed by atoms with Gasteiger partial charge in [-0.2, -0.15) is 9.36 Å². The van der Waals surface area contributed by atoms with Crippen molar-refractivity contribution in [3.05, 3.63) is 10.5 Å². The third kappa shape index (κ3) is 24.3. The number of aryl methyl sites for hydroxylation is 1. The number of tetrazole rings is 1. The second-order valence-electron chi connectivity index (χ2n) is 15.8. The van der Waals surface area contributed by atoms with Crippen molar-refractivity contribution in [1.82, 2.24) is 24.7 Å². The standard InChI is InChI=1S/C42H85N5O7/c1-4-7-10-13-14-15-16-17-18-19-20-24-29-38(49)41(52)37(35-54-36-40(51)39(50)34-48)47-42(53)46(43-44-47)33-28-23-27-32-45(30-25-21-11-8-5-2)31-26-22-12-9-6-3/h37-41,48-52H,4-36H2,1-3H3/t37-,38+,39-,40-,41-/m0/s1. The summed E-state index contributed by atoms with van der Waals surface area (Å²) >= 11 is 0. The van der Waals surface area contributed by atoms with E-state index >= 15 is 0 Å². The fourth-order valence-electron chi connectivity index (χ4n) is 7.10. The quantitative estimate of drug-likeness (QED) is 0.0442. The van der Waals surface area contributed by atoms with Gasteiger partial charge in [-0.15, -0.1) is 0 Å². The normalized spacial score (nSPS) is 14.8. The van der Waals surface area contributed by atoms with Gasteiger partial charge < -0.3 is 35.2 Å². The average Bonchev–Trinajstić information content (AvgIpc) is 3.54. The molecule has 54 heavy (non-hydrogen) atoms. The maximum absolute atomic E-state index is 13.4. The van der Waals surface area contributed by atoms with Gasteiger partial charge in [-0.25, -0.2) is 4.79 Å². The van der Waals surface area contributed by atoms with Gasteiger partial charge in [-0.3, -0.25) is 0 Å². The van der Waals surface area contributed by atoms with Crippen molar-refractivity contribution in [1.29, 1.82) is 0 Å². The van der Waals surface area contributed by atoms with Crippen LogP contribution in [-0.4, -0.2) is 114 Å². The third-order valence-electron chi connectivity index (χ3n) is 10.8. The molecule has 0 amide bonds. The van der Waals surface area contributed by atoms with Crippen LogP contribution in [0.2, 0.25) is 0 Å². The Labute approximate surface area is 329 Å². The summed E-state index contributed by atoms with van der Waals surface area (Å²) in [7, 11) is 0. The largest absolute Gasteiger partial charge is 0.394 e. The summed E-state index contributed by atoms with van der Waals surface area (Å²) in [6, 6.07) is -1.04. The smallest absolute Gasteiger partial charge is 0.364 e. The van der Waals surface area contributed by atoms with Gasteiger partial charge in [0, 0.05) is 6.54 Å². The number of rotatable bonds is 40. The van der Waals surface area contributed by atoms with Gasteiger partial charge in [-0.1, -0.05) is 156 Å². The fourth-order valence-corrected chi connectivity index (χ4v) is 7.10. The maximum atomic E-state index is 13.4. The van der Waals surface area contributed by atoms with Crippen LogP contribution in [0.3, 0.4) is 0 Å². The topological polar surface area (TPSA) is 166 Å². The molecule has 320 valence electrons. The van der Waals surface area contributed by atoms with E-state index in [-0.39, 0.29) is 13.2 Å². The van der Waals surface area contributed by atoms with Crippen LogP contribution in [0.4, 0.5) is 0 Å². The summed E-state index contributed by atoms with van der Waals surface area (Å²) in [6.45, 7) is 9.32. The number of hydrogen-bond acceptors (Lipinski definition) is 10. The Hall–Kier alpha value is -1.41. The molecule has 0 fully saturated rings. The van der Waals surface area contributed by atoms with Crippen LogP contribution in [0, 0.1) is 0 Å². The number of hydrogen-bond donors (Lipinski definition) is 5. The number of aliphatic hydroxyl groups excluding tert-OH is 5. The molecule has 0 saturated heterocycles. The molecule has 0 saturated carbocycles. The number of unbranched alkanes of at least 4 members (excludes halogenated alkanes) is 21.